The van der Waals surface area contributed by atoms with Gasteiger partial charge in [-0.3, -0.25) is 9.59 Å². The van der Waals surface area contributed by atoms with Crippen LogP contribution in [-0.2, 0) is 11.0 Å². The molecule has 0 saturated carbocycles. The molecule has 0 saturated heterocycles. The Hall–Kier alpha value is -2.34. The fourth-order valence-corrected chi connectivity index (χ4v) is 3.06. The van der Waals surface area contributed by atoms with Crippen molar-refractivity contribution in [3.05, 3.63) is 70.2 Å². The van der Waals surface area contributed by atoms with Crippen molar-refractivity contribution in [1.29, 1.82) is 0 Å². The first kappa shape index (κ1) is 22.0. The molecule has 7 heteroatoms. The van der Waals surface area contributed by atoms with Gasteiger partial charge in [0, 0.05) is 17.0 Å². The number of alkyl halides is 3. The van der Waals surface area contributed by atoms with Crippen LogP contribution in [0.25, 0.3) is 0 Å². The summed E-state index contributed by atoms with van der Waals surface area (Å²) in [6.07, 6.45) is -4.31. The summed E-state index contributed by atoms with van der Waals surface area (Å²) in [6, 6.07) is 10.8. The van der Waals surface area contributed by atoms with Crippen molar-refractivity contribution in [2.24, 2.45) is 5.41 Å². The van der Waals surface area contributed by atoms with E-state index in [4.69, 9.17) is 11.6 Å². The highest BCUT2D eigenvalue weighted by Gasteiger charge is 2.33. The molecule has 0 bridgehead atoms. The zero-order valence-electron chi connectivity index (χ0n) is 15.4. The van der Waals surface area contributed by atoms with E-state index in [1.807, 2.05) is 0 Å². The molecule has 0 aliphatic heterocycles. The average molecular weight is 413 g/mol. The Morgan fingerprint density at radius 3 is 2.00 bits per heavy atom. The van der Waals surface area contributed by atoms with Gasteiger partial charge in [-0.25, -0.2) is 0 Å². The summed E-state index contributed by atoms with van der Waals surface area (Å²) in [5.74, 6) is -1.76. The molecule has 0 fully saturated rings. The Balaban J connectivity index is 2.27. The lowest BCUT2D eigenvalue weighted by Crippen LogP contribution is -2.27. The number of carboxylic acids is 1. The van der Waals surface area contributed by atoms with Crippen LogP contribution in [0, 0.1) is 5.41 Å². The topological polar surface area (TPSA) is 54.4 Å². The summed E-state index contributed by atoms with van der Waals surface area (Å²) in [7, 11) is 0. The van der Waals surface area contributed by atoms with E-state index in [1.54, 1.807) is 38.1 Å². The van der Waals surface area contributed by atoms with E-state index >= 15 is 0 Å². The van der Waals surface area contributed by atoms with Gasteiger partial charge < -0.3 is 5.11 Å². The lowest BCUT2D eigenvalue weighted by atomic mass is 9.77. The molecule has 1 atom stereocenters. The molecular weight excluding hydrogens is 393 g/mol. The first-order valence-electron chi connectivity index (χ1n) is 8.59. The Morgan fingerprint density at radius 1 is 1.00 bits per heavy atom. The summed E-state index contributed by atoms with van der Waals surface area (Å²) in [6.45, 7) is 3.14. The van der Waals surface area contributed by atoms with E-state index < -0.39 is 29.0 Å². The van der Waals surface area contributed by atoms with Crippen LogP contribution in [-0.4, -0.2) is 16.9 Å². The van der Waals surface area contributed by atoms with Crippen molar-refractivity contribution in [2.45, 2.75) is 38.8 Å². The second kappa shape index (κ2) is 8.35. The molecule has 150 valence electrons. The first-order chi connectivity index (χ1) is 12.9. The zero-order valence-corrected chi connectivity index (χ0v) is 16.1. The van der Waals surface area contributed by atoms with Gasteiger partial charge in [0.25, 0.3) is 0 Å². The third-order valence-corrected chi connectivity index (χ3v) is 4.90. The monoisotopic (exact) mass is 412 g/mol. The van der Waals surface area contributed by atoms with Crippen LogP contribution in [0.3, 0.4) is 0 Å². The maximum atomic E-state index is 12.7. The molecular formula is C21H20ClF3O3. The van der Waals surface area contributed by atoms with Crippen LogP contribution in [0.15, 0.2) is 48.5 Å². The van der Waals surface area contributed by atoms with E-state index in [-0.39, 0.29) is 24.2 Å². The molecule has 2 aromatic rings. The number of hydrogen-bond donors (Lipinski definition) is 1. The number of halogens is 4. The molecule has 0 aromatic heterocycles. The second-order valence-corrected chi connectivity index (χ2v) is 7.78. The van der Waals surface area contributed by atoms with Crippen molar-refractivity contribution in [3.63, 3.8) is 0 Å². The van der Waals surface area contributed by atoms with E-state index in [9.17, 15) is 27.9 Å². The number of carbonyl (C=O) groups excluding carboxylic acids is 1. The highest BCUT2D eigenvalue weighted by Crippen LogP contribution is 2.36. The average Bonchev–Trinajstić information content (AvgIpc) is 2.61. The van der Waals surface area contributed by atoms with Gasteiger partial charge in [0.15, 0.2) is 5.78 Å². The summed E-state index contributed by atoms with van der Waals surface area (Å²) < 4.78 is 38.1. The van der Waals surface area contributed by atoms with Gasteiger partial charge >= 0.3 is 12.1 Å². The molecule has 1 unspecified atom stereocenters. The van der Waals surface area contributed by atoms with Crippen LogP contribution in [0.4, 0.5) is 13.2 Å². The summed E-state index contributed by atoms with van der Waals surface area (Å²) in [5.41, 5.74) is -1.01. The van der Waals surface area contributed by atoms with E-state index in [2.05, 4.69) is 0 Å². The van der Waals surface area contributed by atoms with Crippen LogP contribution in [0.2, 0.25) is 5.02 Å². The summed E-state index contributed by atoms with van der Waals surface area (Å²) in [5, 5.41) is 9.93. The van der Waals surface area contributed by atoms with Crippen LogP contribution >= 0.6 is 11.6 Å². The number of Topliss-reactive ketones (excluding diaryl/α,β-unsaturated/α-hetero) is 1. The Morgan fingerprint density at radius 2 is 1.54 bits per heavy atom. The first-order valence-corrected chi connectivity index (χ1v) is 8.97. The molecule has 0 aliphatic carbocycles. The lowest BCUT2D eigenvalue weighted by molar-refractivity contribution is -0.147. The van der Waals surface area contributed by atoms with Gasteiger partial charge in [-0.1, -0.05) is 35.9 Å². The van der Waals surface area contributed by atoms with Gasteiger partial charge in [0.1, 0.15) is 0 Å². The Bertz CT molecular complexity index is 841. The predicted molar refractivity (Wildman–Crippen MR) is 101 cm³/mol. The van der Waals surface area contributed by atoms with Gasteiger partial charge in [0.2, 0.25) is 0 Å². The molecule has 0 spiro atoms. The van der Waals surface area contributed by atoms with Crippen molar-refractivity contribution in [1.82, 2.24) is 0 Å². The largest absolute Gasteiger partial charge is 0.481 e. The maximum Gasteiger partial charge on any atom is 0.416 e. The SMILES string of the molecule is CC(C)(CC(CC(=O)c1ccc(C(F)(F)F)cc1)c1ccc(Cl)cc1)C(=O)O. The number of benzene rings is 2. The lowest BCUT2D eigenvalue weighted by Gasteiger charge is -2.26. The minimum absolute atomic E-state index is 0.0241. The number of rotatable bonds is 7. The van der Waals surface area contributed by atoms with Crippen molar-refractivity contribution in [3.8, 4) is 0 Å². The van der Waals surface area contributed by atoms with Gasteiger partial charge in [-0.05, 0) is 56.0 Å². The van der Waals surface area contributed by atoms with E-state index in [0.29, 0.717) is 5.02 Å². The molecule has 2 rings (SSSR count). The smallest absolute Gasteiger partial charge is 0.416 e. The third kappa shape index (κ3) is 5.58. The normalized spacial score (nSPS) is 13.2. The van der Waals surface area contributed by atoms with E-state index in [1.165, 1.54) is 0 Å². The second-order valence-electron chi connectivity index (χ2n) is 7.34. The van der Waals surface area contributed by atoms with Gasteiger partial charge in [-0.2, -0.15) is 13.2 Å². The maximum absolute atomic E-state index is 12.7. The minimum atomic E-state index is -4.47. The van der Waals surface area contributed by atoms with E-state index in [0.717, 1.165) is 29.8 Å². The van der Waals surface area contributed by atoms with Crippen molar-refractivity contribution >= 4 is 23.4 Å². The molecule has 1 N–H and O–H groups in total. The Labute approximate surface area is 166 Å². The van der Waals surface area contributed by atoms with Crippen molar-refractivity contribution in [2.75, 3.05) is 0 Å². The zero-order chi connectivity index (χ0) is 21.1. The molecule has 2 aromatic carbocycles. The number of carboxylic acid groups (broad SMARTS) is 1. The molecule has 0 amide bonds. The number of hydrogen-bond acceptors (Lipinski definition) is 2. The van der Waals surface area contributed by atoms with Crippen molar-refractivity contribution < 1.29 is 27.9 Å². The quantitative estimate of drug-likeness (QED) is 0.549. The molecule has 0 heterocycles. The highest BCUT2D eigenvalue weighted by atomic mass is 35.5. The van der Waals surface area contributed by atoms with Crippen LogP contribution in [0.1, 0.15) is 54.1 Å². The third-order valence-electron chi connectivity index (χ3n) is 4.64. The number of carbonyl (C=O) groups is 2. The molecule has 3 nitrogen and oxygen atoms in total. The number of aliphatic carboxylic acids is 1. The van der Waals surface area contributed by atoms with Gasteiger partial charge in [0.05, 0.1) is 11.0 Å². The molecule has 28 heavy (non-hydrogen) atoms. The fourth-order valence-electron chi connectivity index (χ4n) is 2.93. The van der Waals surface area contributed by atoms with Crippen LogP contribution < -0.4 is 0 Å². The van der Waals surface area contributed by atoms with Gasteiger partial charge in [-0.15, -0.1) is 0 Å². The fraction of sp³-hybridized carbons (Fsp3) is 0.333. The summed E-state index contributed by atoms with van der Waals surface area (Å²) >= 11 is 5.90. The Kier molecular flexibility index (Phi) is 6.55. The van der Waals surface area contributed by atoms with Crippen LogP contribution in [0.5, 0.6) is 0 Å². The standard InChI is InChI=1S/C21H20ClF3O3/c1-20(2,19(27)28)12-15(13-5-9-17(22)10-6-13)11-18(26)14-3-7-16(8-4-14)21(23,24)25/h3-10,15H,11-12H2,1-2H3,(H,27,28). The molecule has 0 aliphatic rings. The minimum Gasteiger partial charge on any atom is -0.481 e. The highest BCUT2D eigenvalue weighted by molar-refractivity contribution is 6.30. The molecule has 0 radical (unpaired) electrons. The predicted octanol–water partition coefficient (Wildman–Crippen LogP) is 6.22. The number of ketones is 1. The summed E-state index contributed by atoms with van der Waals surface area (Å²) in [4.78, 5) is 24.2.